The summed E-state index contributed by atoms with van der Waals surface area (Å²) in [4.78, 5) is 24.1. The number of nitrogens with one attached hydrogen (secondary N) is 2. The van der Waals surface area contributed by atoms with Crippen molar-refractivity contribution in [3.8, 4) is 0 Å². The van der Waals surface area contributed by atoms with Gasteiger partial charge in [0.15, 0.2) is 0 Å². The molecule has 0 unspecified atom stereocenters. The molecule has 0 heterocycles. The van der Waals surface area contributed by atoms with Crippen LogP contribution in [0.4, 0.5) is 11.4 Å². The molecule has 160 valence electrons. The van der Waals surface area contributed by atoms with Gasteiger partial charge in [0.2, 0.25) is 0 Å². The highest BCUT2D eigenvalue weighted by Crippen LogP contribution is 2.21. The Morgan fingerprint density at radius 3 is 2.16 bits per heavy atom. The normalized spacial score (nSPS) is 11.0. The number of anilines is 2. The molecule has 0 aromatic heterocycles. The lowest BCUT2D eigenvalue weighted by Gasteiger charge is -2.11. The molecule has 0 saturated heterocycles. The summed E-state index contributed by atoms with van der Waals surface area (Å²) in [5, 5.41) is 12.0. The van der Waals surface area contributed by atoms with E-state index in [9.17, 15) is 23.1 Å². The third-order valence-corrected chi connectivity index (χ3v) is 6.10. The van der Waals surface area contributed by atoms with Crippen LogP contribution >= 0.6 is 0 Å². The Balaban J connectivity index is 1.77. The average molecular weight is 439 g/mol. The summed E-state index contributed by atoms with van der Waals surface area (Å²) in [6.45, 7) is 3.81. The smallest absolute Gasteiger partial charge is 0.337 e. The van der Waals surface area contributed by atoms with Gasteiger partial charge in [-0.25, -0.2) is 13.2 Å². The summed E-state index contributed by atoms with van der Waals surface area (Å²) >= 11 is 0. The number of amides is 1. The molecule has 0 fully saturated rings. The lowest BCUT2D eigenvalue weighted by Crippen LogP contribution is -2.16. The molecule has 3 N–H and O–H groups in total. The van der Waals surface area contributed by atoms with Crippen molar-refractivity contribution in [2.24, 2.45) is 0 Å². The summed E-state index contributed by atoms with van der Waals surface area (Å²) in [6, 6.07) is 17.1. The second-order valence-electron chi connectivity index (χ2n) is 6.99. The maximum Gasteiger partial charge on any atom is 0.337 e. The highest BCUT2D eigenvalue weighted by atomic mass is 32.2. The topological polar surface area (TPSA) is 113 Å². The monoisotopic (exact) mass is 438 g/mol. The van der Waals surface area contributed by atoms with Crippen molar-refractivity contribution in [2.75, 3.05) is 10.0 Å². The lowest BCUT2D eigenvalue weighted by atomic mass is 10.1. The summed E-state index contributed by atoms with van der Waals surface area (Å²) in [7, 11) is -3.81. The highest BCUT2D eigenvalue weighted by Gasteiger charge is 2.17. The van der Waals surface area contributed by atoms with Gasteiger partial charge in [0.25, 0.3) is 15.9 Å². The Morgan fingerprint density at radius 1 is 0.935 bits per heavy atom. The Hall–Kier alpha value is -3.65. The van der Waals surface area contributed by atoms with Gasteiger partial charge in [-0.05, 0) is 67.4 Å². The number of sulfonamides is 1. The first-order valence-electron chi connectivity index (χ1n) is 9.56. The maximum atomic E-state index is 12.6. The van der Waals surface area contributed by atoms with Gasteiger partial charge in [0.1, 0.15) is 0 Å². The molecule has 0 bridgehead atoms. The number of carbonyl (C=O) groups is 2. The minimum Gasteiger partial charge on any atom is -0.478 e. The number of carbonyl (C=O) groups excluding carboxylic acids is 1. The van der Waals surface area contributed by atoms with Crippen LogP contribution in [0.1, 0.15) is 38.8 Å². The van der Waals surface area contributed by atoms with E-state index in [-0.39, 0.29) is 21.7 Å². The van der Waals surface area contributed by atoms with Gasteiger partial charge in [0.05, 0.1) is 16.1 Å². The number of aryl methyl sites for hydroxylation is 2. The SMILES string of the molecule is CCc1ccc(NC(=O)c2ccc(S(=O)(=O)Nc3ccc(C)cc3)cc2)c(C(=O)O)c1. The predicted molar refractivity (Wildman–Crippen MR) is 119 cm³/mol. The second-order valence-corrected chi connectivity index (χ2v) is 8.67. The molecule has 31 heavy (non-hydrogen) atoms. The minimum absolute atomic E-state index is 0.00292. The van der Waals surface area contributed by atoms with E-state index >= 15 is 0 Å². The van der Waals surface area contributed by atoms with E-state index in [1.54, 1.807) is 36.4 Å². The Labute approximate surface area is 180 Å². The molecule has 0 aliphatic rings. The zero-order valence-corrected chi connectivity index (χ0v) is 17.9. The van der Waals surface area contributed by atoms with Crippen LogP contribution in [0.25, 0.3) is 0 Å². The van der Waals surface area contributed by atoms with Crippen molar-refractivity contribution >= 4 is 33.3 Å². The minimum atomic E-state index is -3.81. The first-order chi connectivity index (χ1) is 14.7. The van der Waals surface area contributed by atoms with Crippen LogP contribution in [-0.4, -0.2) is 25.4 Å². The zero-order chi connectivity index (χ0) is 22.6. The molecule has 0 atom stereocenters. The van der Waals surface area contributed by atoms with E-state index in [1.165, 1.54) is 30.3 Å². The van der Waals surface area contributed by atoms with Gasteiger partial charge in [-0.1, -0.05) is 30.7 Å². The van der Waals surface area contributed by atoms with Crippen molar-refractivity contribution in [1.29, 1.82) is 0 Å². The number of hydrogen-bond donors (Lipinski definition) is 3. The quantitative estimate of drug-likeness (QED) is 0.509. The molecule has 0 saturated carbocycles. The van der Waals surface area contributed by atoms with E-state index in [4.69, 9.17) is 0 Å². The number of rotatable bonds is 7. The molecule has 7 nitrogen and oxygen atoms in total. The number of hydrogen-bond acceptors (Lipinski definition) is 4. The lowest BCUT2D eigenvalue weighted by molar-refractivity contribution is 0.0698. The van der Waals surface area contributed by atoms with Gasteiger partial charge in [0, 0.05) is 11.3 Å². The van der Waals surface area contributed by atoms with Crippen LogP contribution in [0.15, 0.2) is 71.6 Å². The first kappa shape index (κ1) is 22.0. The first-order valence-corrected chi connectivity index (χ1v) is 11.0. The zero-order valence-electron chi connectivity index (χ0n) is 17.0. The molecular weight excluding hydrogens is 416 g/mol. The van der Waals surface area contributed by atoms with Gasteiger partial charge >= 0.3 is 5.97 Å². The number of aromatic carboxylic acids is 1. The Morgan fingerprint density at radius 2 is 1.58 bits per heavy atom. The molecule has 0 aliphatic carbocycles. The van der Waals surface area contributed by atoms with E-state index in [0.717, 1.165) is 11.1 Å². The fourth-order valence-electron chi connectivity index (χ4n) is 2.91. The van der Waals surface area contributed by atoms with Crippen molar-refractivity contribution < 1.29 is 23.1 Å². The highest BCUT2D eigenvalue weighted by molar-refractivity contribution is 7.92. The van der Waals surface area contributed by atoms with Gasteiger partial charge in [-0.3, -0.25) is 9.52 Å². The van der Waals surface area contributed by atoms with Crippen LogP contribution in [0.3, 0.4) is 0 Å². The van der Waals surface area contributed by atoms with Crippen LogP contribution < -0.4 is 10.0 Å². The molecule has 3 aromatic carbocycles. The van der Waals surface area contributed by atoms with E-state index in [0.29, 0.717) is 12.1 Å². The molecule has 0 radical (unpaired) electrons. The third kappa shape index (κ3) is 5.29. The van der Waals surface area contributed by atoms with Crippen LogP contribution in [0.2, 0.25) is 0 Å². The predicted octanol–water partition coefficient (Wildman–Crippen LogP) is 4.31. The number of benzene rings is 3. The van der Waals surface area contributed by atoms with Crippen molar-refractivity contribution in [3.05, 3.63) is 89.0 Å². The molecular formula is C23H22N2O5S. The molecule has 0 aliphatic heterocycles. The fourth-order valence-corrected chi connectivity index (χ4v) is 3.97. The summed E-state index contributed by atoms with van der Waals surface area (Å²) in [6.07, 6.45) is 0.668. The second kappa shape index (κ2) is 9.01. The summed E-state index contributed by atoms with van der Waals surface area (Å²) in [5.41, 5.74) is 2.65. The summed E-state index contributed by atoms with van der Waals surface area (Å²) < 4.78 is 27.6. The number of carboxylic acids is 1. The molecule has 8 heteroatoms. The van der Waals surface area contributed by atoms with Gasteiger partial charge in [-0.15, -0.1) is 0 Å². The van der Waals surface area contributed by atoms with E-state index < -0.39 is 21.9 Å². The molecule has 0 spiro atoms. The molecule has 3 aromatic rings. The average Bonchev–Trinajstić information content (AvgIpc) is 2.75. The summed E-state index contributed by atoms with van der Waals surface area (Å²) in [5.74, 6) is -1.68. The fraction of sp³-hybridized carbons (Fsp3) is 0.130. The van der Waals surface area contributed by atoms with Gasteiger partial charge in [-0.2, -0.15) is 0 Å². The maximum absolute atomic E-state index is 12.6. The Bertz CT molecular complexity index is 1220. The molecule has 1 amide bonds. The van der Waals surface area contributed by atoms with Gasteiger partial charge < -0.3 is 10.4 Å². The molecule has 3 rings (SSSR count). The largest absolute Gasteiger partial charge is 0.478 e. The van der Waals surface area contributed by atoms with Crippen molar-refractivity contribution in [1.82, 2.24) is 0 Å². The third-order valence-electron chi connectivity index (χ3n) is 4.70. The number of carboxylic acid groups (broad SMARTS) is 1. The van der Waals surface area contributed by atoms with Crippen molar-refractivity contribution in [2.45, 2.75) is 25.2 Å². The van der Waals surface area contributed by atoms with E-state index in [1.807, 2.05) is 13.8 Å². The Kier molecular flexibility index (Phi) is 6.41. The van der Waals surface area contributed by atoms with Crippen LogP contribution in [-0.2, 0) is 16.4 Å². The van der Waals surface area contributed by atoms with Crippen molar-refractivity contribution in [3.63, 3.8) is 0 Å². The van der Waals surface area contributed by atoms with Crippen LogP contribution in [0.5, 0.6) is 0 Å². The standard InChI is InChI=1S/C23H22N2O5S/c1-3-16-6-13-21(20(14-16)23(27)28)24-22(26)17-7-11-19(12-8-17)31(29,30)25-18-9-4-15(2)5-10-18/h4-14,25H,3H2,1-2H3,(H,24,26)(H,27,28). The van der Waals surface area contributed by atoms with Crippen LogP contribution in [0, 0.1) is 6.92 Å². The van der Waals surface area contributed by atoms with E-state index in [2.05, 4.69) is 10.0 Å².